The van der Waals surface area contributed by atoms with Gasteiger partial charge in [0.15, 0.2) is 5.75 Å². The number of halogens is 2. The molecule has 0 atom stereocenters. The largest absolute Gasteiger partial charge is 0.434 e. The predicted molar refractivity (Wildman–Crippen MR) is 135 cm³/mol. The van der Waals surface area contributed by atoms with Gasteiger partial charge >= 0.3 is 6.03 Å². The topological polar surface area (TPSA) is 117 Å². The van der Waals surface area contributed by atoms with E-state index in [0.717, 1.165) is 29.8 Å². The fourth-order valence-electron chi connectivity index (χ4n) is 3.89. The maximum Gasteiger partial charge on any atom is 0.349 e. The molecule has 2 aromatic carbocycles. The molecule has 1 aromatic heterocycles. The highest BCUT2D eigenvalue weighted by atomic mass is 35.5. The first-order chi connectivity index (χ1) is 16.8. The smallest absolute Gasteiger partial charge is 0.349 e. The lowest BCUT2D eigenvalue weighted by Crippen LogP contribution is -2.39. The Morgan fingerprint density at radius 1 is 1.11 bits per heavy atom. The zero-order chi connectivity index (χ0) is 25.1. The minimum absolute atomic E-state index is 0.0418. The summed E-state index contributed by atoms with van der Waals surface area (Å²) >= 11 is 12.7. The fourth-order valence-corrected chi connectivity index (χ4v) is 4.45. The van der Waals surface area contributed by atoms with E-state index in [0.29, 0.717) is 5.56 Å². The van der Waals surface area contributed by atoms with Crippen molar-refractivity contribution in [3.8, 4) is 22.8 Å². The molecule has 1 aliphatic carbocycles. The average Bonchev–Trinajstić information content (AvgIpc) is 2.82. The number of aryl methyl sites for hydroxylation is 2. The molecule has 11 heteroatoms. The molecule has 0 unspecified atom stereocenters. The van der Waals surface area contributed by atoms with Crippen LogP contribution in [0.4, 0.5) is 10.5 Å². The first kappa shape index (κ1) is 24.4. The SMILES string of the molecule is C=NN(C(=O)NC(C)=O)c1cc(Cl)c(Oc2cc(-c3ccc4c(c3)CCCC4)c(=O)[nH]n2)c(Cl)c1. The lowest BCUT2D eigenvalue weighted by molar-refractivity contribution is -0.117. The number of hydrogen-bond donors (Lipinski definition) is 2. The highest BCUT2D eigenvalue weighted by Gasteiger charge is 2.21. The monoisotopic (exact) mass is 513 g/mol. The van der Waals surface area contributed by atoms with Crippen LogP contribution < -0.4 is 20.6 Å². The number of urea groups is 1. The molecule has 1 aliphatic rings. The summed E-state index contributed by atoms with van der Waals surface area (Å²) in [6, 6.07) is 9.42. The Labute approximate surface area is 210 Å². The summed E-state index contributed by atoms with van der Waals surface area (Å²) in [4.78, 5) is 35.9. The van der Waals surface area contributed by atoms with Gasteiger partial charge in [-0.15, -0.1) is 5.10 Å². The third-order valence-corrected chi connectivity index (χ3v) is 6.05. The second-order valence-corrected chi connectivity index (χ2v) is 8.73. The van der Waals surface area contributed by atoms with Crippen molar-refractivity contribution >= 4 is 47.5 Å². The quantitative estimate of drug-likeness (QED) is 0.363. The van der Waals surface area contributed by atoms with E-state index in [4.69, 9.17) is 27.9 Å². The first-order valence-corrected chi connectivity index (χ1v) is 11.5. The van der Waals surface area contributed by atoms with Crippen molar-refractivity contribution in [2.75, 3.05) is 5.01 Å². The van der Waals surface area contributed by atoms with Crippen LogP contribution in [-0.2, 0) is 17.6 Å². The number of hydrogen-bond acceptors (Lipinski definition) is 6. The fraction of sp³-hybridized carbons (Fsp3) is 0.208. The van der Waals surface area contributed by atoms with Gasteiger partial charge in [-0.1, -0.05) is 41.4 Å². The Bertz CT molecular complexity index is 1370. The number of aromatic amines is 1. The highest BCUT2D eigenvalue weighted by Crippen LogP contribution is 2.40. The number of aromatic nitrogens is 2. The summed E-state index contributed by atoms with van der Waals surface area (Å²) < 4.78 is 5.80. The van der Waals surface area contributed by atoms with E-state index in [1.165, 1.54) is 42.7 Å². The minimum Gasteiger partial charge on any atom is -0.434 e. The van der Waals surface area contributed by atoms with Crippen LogP contribution in [0.25, 0.3) is 11.1 Å². The van der Waals surface area contributed by atoms with Gasteiger partial charge in [0.25, 0.3) is 5.56 Å². The first-order valence-electron chi connectivity index (χ1n) is 10.7. The van der Waals surface area contributed by atoms with Crippen molar-refractivity contribution < 1.29 is 14.3 Å². The Morgan fingerprint density at radius 3 is 2.46 bits per heavy atom. The number of amides is 3. The standard InChI is InChI=1S/C24H21Cl2N5O4/c1-13(32)28-24(34)31(27-2)17-10-19(25)22(20(26)11-17)35-21-12-18(23(33)30-29-21)16-8-7-14-5-3-4-6-15(14)9-16/h7-12H,2-6H2,1H3,(H,30,33)(H,28,32,34). The number of H-pyrrole nitrogens is 1. The summed E-state index contributed by atoms with van der Waals surface area (Å²) in [6.45, 7) is 4.52. The van der Waals surface area contributed by atoms with E-state index in [9.17, 15) is 14.4 Å². The molecule has 0 fully saturated rings. The van der Waals surface area contributed by atoms with Crippen LogP contribution in [0.3, 0.4) is 0 Å². The Kier molecular flexibility index (Phi) is 7.18. The third kappa shape index (κ3) is 5.36. The third-order valence-electron chi connectivity index (χ3n) is 5.49. The molecule has 9 nitrogen and oxygen atoms in total. The van der Waals surface area contributed by atoms with Gasteiger partial charge in [0.1, 0.15) is 0 Å². The molecule has 0 aliphatic heterocycles. The number of benzene rings is 2. The van der Waals surface area contributed by atoms with Gasteiger partial charge in [-0.25, -0.2) is 9.89 Å². The maximum atomic E-state index is 12.5. The molecule has 0 saturated heterocycles. The lowest BCUT2D eigenvalue weighted by Gasteiger charge is -2.18. The number of rotatable bonds is 5. The summed E-state index contributed by atoms with van der Waals surface area (Å²) in [5.74, 6) is -0.439. The average molecular weight is 514 g/mol. The Balaban J connectivity index is 1.63. The number of ether oxygens (including phenoxy) is 1. The molecule has 0 radical (unpaired) electrons. The molecule has 0 bridgehead atoms. The summed E-state index contributed by atoms with van der Waals surface area (Å²) in [5, 5.41) is 13.0. The van der Waals surface area contributed by atoms with Crippen molar-refractivity contribution in [1.82, 2.24) is 15.5 Å². The predicted octanol–water partition coefficient (Wildman–Crippen LogP) is 5.09. The lowest BCUT2D eigenvalue weighted by atomic mass is 9.89. The van der Waals surface area contributed by atoms with Gasteiger partial charge in [-0.2, -0.15) is 10.1 Å². The number of carbonyl (C=O) groups excluding carboxylic acids is 2. The van der Waals surface area contributed by atoms with E-state index in [1.54, 1.807) is 0 Å². The molecule has 0 spiro atoms. The van der Waals surface area contributed by atoms with Gasteiger partial charge in [0.05, 0.1) is 21.3 Å². The van der Waals surface area contributed by atoms with Crippen LogP contribution in [0.5, 0.6) is 11.6 Å². The number of anilines is 1. The van der Waals surface area contributed by atoms with E-state index in [2.05, 4.69) is 33.4 Å². The second-order valence-electron chi connectivity index (χ2n) is 7.92. The molecule has 4 rings (SSSR count). The number of fused-ring (bicyclic) bond motifs is 1. The molecule has 180 valence electrons. The molecule has 3 amide bonds. The van der Waals surface area contributed by atoms with Crippen molar-refractivity contribution in [3.63, 3.8) is 0 Å². The highest BCUT2D eigenvalue weighted by molar-refractivity contribution is 6.37. The van der Waals surface area contributed by atoms with E-state index < -0.39 is 11.9 Å². The number of nitrogens with zero attached hydrogens (tertiary/aromatic N) is 3. The second kappa shape index (κ2) is 10.3. The number of carbonyl (C=O) groups is 2. The van der Waals surface area contributed by atoms with E-state index in [-0.39, 0.29) is 32.9 Å². The van der Waals surface area contributed by atoms with Gasteiger partial charge in [0.2, 0.25) is 11.8 Å². The molecule has 2 N–H and O–H groups in total. The van der Waals surface area contributed by atoms with Crippen molar-refractivity contribution in [1.29, 1.82) is 0 Å². The van der Waals surface area contributed by atoms with Crippen LogP contribution >= 0.6 is 23.2 Å². The van der Waals surface area contributed by atoms with Crippen molar-refractivity contribution in [2.45, 2.75) is 32.6 Å². The van der Waals surface area contributed by atoms with Crippen LogP contribution in [0.15, 0.2) is 46.3 Å². The van der Waals surface area contributed by atoms with Gasteiger partial charge in [-0.05, 0) is 54.5 Å². The Morgan fingerprint density at radius 2 is 1.80 bits per heavy atom. The number of imide groups is 1. The van der Waals surface area contributed by atoms with Gasteiger partial charge in [-0.3, -0.25) is 14.9 Å². The normalized spacial score (nSPS) is 12.4. The van der Waals surface area contributed by atoms with E-state index >= 15 is 0 Å². The maximum absolute atomic E-state index is 12.5. The molecular weight excluding hydrogens is 493 g/mol. The van der Waals surface area contributed by atoms with Crippen LogP contribution in [0.1, 0.15) is 30.9 Å². The molecule has 1 heterocycles. The summed E-state index contributed by atoms with van der Waals surface area (Å²) in [5.41, 5.74) is 3.50. The molecular formula is C24H21Cl2N5O4. The van der Waals surface area contributed by atoms with Gasteiger partial charge < -0.3 is 4.74 Å². The van der Waals surface area contributed by atoms with Crippen LogP contribution in [0, 0.1) is 0 Å². The summed E-state index contributed by atoms with van der Waals surface area (Å²) in [7, 11) is 0. The van der Waals surface area contributed by atoms with Crippen molar-refractivity contribution in [2.24, 2.45) is 5.10 Å². The number of nitrogens with one attached hydrogen (secondary N) is 2. The number of hydrazone groups is 1. The molecule has 3 aromatic rings. The van der Waals surface area contributed by atoms with Crippen LogP contribution in [0.2, 0.25) is 10.0 Å². The van der Waals surface area contributed by atoms with Crippen molar-refractivity contribution in [3.05, 3.63) is 67.9 Å². The zero-order valence-corrected chi connectivity index (χ0v) is 20.2. The van der Waals surface area contributed by atoms with Crippen LogP contribution in [-0.4, -0.2) is 28.9 Å². The Hall–Kier alpha value is -3.69. The minimum atomic E-state index is -0.828. The summed E-state index contributed by atoms with van der Waals surface area (Å²) in [6.07, 6.45) is 4.31. The molecule has 35 heavy (non-hydrogen) atoms. The molecule has 0 saturated carbocycles. The van der Waals surface area contributed by atoms with E-state index in [1.807, 2.05) is 12.1 Å². The zero-order valence-electron chi connectivity index (χ0n) is 18.7. The van der Waals surface area contributed by atoms with Gasteiger partial charge in [0, 0.05) is 19.7 Å².